The van der Waals surface area contributed by atoms with Gasteiger partial charge in [0.2, 0.25) is 0 Å². The molecule has 92 valence electrons. The first-order valence-electron chi connectivity index (χ1n) is 5.48. The predicted octanol–water partition coefficient (Wildman–Crippen LogP) is 4.58. The molecule has 0 bridgehead atoms. The van der Waals surface area contributed by atoms with Crippen molar-refractivity contribution in [2.45, 2.75) is 20.5 Å². The van der Waals surface area contributed by atoms with Crippen molar-refractivity contribution < 1.29 is 4.74 Å². The van der Waals surface area contributed by atoms with Crippen LogP contribution in [0.5, 0.6) is 5.75 Å². The summed E-state index contributed by atoms with van der Waals surface area (Å²) in [5, 5.41) is 8.89. The normalized spacial score (nSPS) is 10.1. The zero-order valence-corrected chi connectivity index (χ0v) is 12.6. The molecule has 2 aromatic rings. The molecule has 0 aliphatic heterocycles. The van der Waals surface area contributed by atoms with Gasteiger partial charge in [-0.15, -0.1) is 11.3 Å². The van der Waals surface area contributed by atoms with Gasteiger partial charge in [-0.3, -0.25) is 0 Å². The van der Waals surface area contributed by atoms with Gasteiger partial charge >= 0.3 is 0 Å². The fourth-order valence-electron chi connectivity index (χ4n) is 1.82. The van der Waals surface area contributed by atoms with Crippen LogP contribution in [0.15, 0.2) is 28.1 Å². The maximum absolute atomic E-state index is 8.89. The third-order valence-corrected chi connectivity index (χ3v) is 4.17. The van der Waals surface area contributed by atoms with Crippen LogP contribution in [-0.4, -0.2) is 0 Å². The monoisotopic (exact) mass is 321 g/mol. The molecular weight excluding hydrogens is 310 g/mol. The average molecular weight is 322 g/mol. The number of nitriles is 1. The summed E-state index contributed by atoms with van der Waals surface area (Å²) in [6, 6.07) is 9.92. The van der Waals surface area contributed by atoms with Gasteiger partial charge in [-0.05, 0) is 65.2 Å². The lowest BCUT2D eigenvalue weighted by molar-refractivity contribution is 0.305. The molecule has 1 aromatic carbocycles. The predicted molar refractivity (Wildman–Crippen MR) is 77.0 cm³/mol. The van der Waals surface area contributed by atoms with E-state index < -0.39 is 0 Å². The van der Waals surface area contributed by atoms with Gasteiger partial charge in [0.25, 0.3) is 0 Å². The molecule has 1 heterocycles. The highest BCUT2D eigenvalue weighted by Gasteiger charge is 2.07. The van der Waals surface area contributed by atoms with E-state index in [1.807, 2.05) is 38.1 Å². The quantitative estimate of drug-likeness (QED) is 0.829. The second kappa shape index (κ2) is 5.55. The van der Waals surface area contributed by atoms with Crippen molar-refractivity contribution in [2.75, 3.05) is 0 Å². The molecule has 0 unspecified atom stereocenters. The Hall–Kier alpha value is -1.31. The Morgan fingerprint density at radius 3 is 2.44 bits per heavy atom. The summed E-state index contributed by atoms with van der Waals surface area (Å²) in [5.74, 6) is 0.874. The second-order valence-electron chi connectivity index (χ2n) is 4.05. The van der Waals surface area contributed by atoms with E-state index >= 15 is 0 Å². The van der Waals surface area contributed by atoms with Gasteiger partial charge in [0.1, 0.15) is 12.4 Å². The first kappa shape index (κ1) is 13.1. The first-order chi connectivity index (χ1) is 8.60. The maximum atomic E-state index is 8.89. The number of hydrogen-bond acceptors (Lipinski definition) is 3. The van der Waals surface area contributed by atoms with Crippen molar-refractivity contribution in [3.05, 3.63) is 49.6 Å². The van der Waals surface area contributed by atoms with Gasteiger partial charge < -0.3 is 4.74 Å². The van der Waals surface area contributed by atoms with E-state index in [0.29, 0.717) is 12.2 Å². The molecule has 0 radical (unpaired) electrons. The van der Waals surface area contributed by atoms with Gasteiger partial charge in [-0.1, -0.05) is 0 Å². The first-order valence-corrected chi connectivity index (χ1v) is 7.09. The summed E-state index contributed by atoms with van der Waals surface area (Å²) < 4.78 is 6.95. The highest BCUT2D eigenvalue weighted by atomic mass is 79.9. The number of hydrogen-bond donors (Lipinski definition) is 0. The van der Waals surface area contributed by atoms with Crippen LogP contribution in [-0.2, 0) is 6.61 Å². The molecule has 0 amide bonds. The Kier molecular flexibility index (Phi) is 4.05. The Morgan fingerprint density at radius 2 is 1.94 bits per heavy atom. The minimum absolute atomic E-state index is 0.559. The van der Waals surface area contributed by atoms with E-state index in [-0.39, 0.29) is 0 Å². The molecule has 0 aliphatic rings. The van der Waals surface area contributed by atoms with E-state index in [1.165, 1.54) is 4.88 Å². The smallest absolute Gasteiger partial charge is 0.125 e. The minimum atomic E-state index is 0.559. The molecule has 2 rings (SSSR count). The third-order valence-electron chi connectivity index (χ3n) is 2.58. The molecular formula is C14H12BrNOS. The Balaban J connectivity index is 2.17. The number of halogens is 1. The maximum Gasteiger partial charge on any atom is 0.125 e. The number of ether oxygens (including phenoxy) is 1. The third kappa shape index (κ3) is 2.92. The van der Waals surface area contributed by atoms with Gasteiger partial charge in [-0.2, -0.15) is 5.26 Å². The zero-order valence-electron chi connectivity index (χ0n) is 10.2. The lowest BCUT2D eigenvalue weighted by Crippen LogP contribution is -1.98. The molecule has 2 nitrogen and oxygen atoms in total. The molecule has 18 heavy (non-hydrogen) atoms. The minimum Gasteiger partial charge on any atom is -0.488 e. The van der Waals surface area contributed by atoms with Crippen molar-refractivity contribution in [3.63, 3.8) is 0 Å². The summed E-state index contributed by atoms with van der Waals surface area (Å²) in [4.78, 5) is 1.17. The topological polar surface area (TPSA) is 33.0 Å². The highest BCUT2D eigenvalue weighted by Crippen LogP contribution is 2.27. The molecule has 0 fully saturated rings. The van der Waals surface area contributed by atoms with Crippen LogP contribution in [0, 0.1) is 25.2 Å². The molecule has 1 aromatic heterocycles. The average Bonchev–Trinajstić information content (AvgIpc) is 2.73. The lowest BCUT2D eigenvalue weighted by Gasteiger charge is -2.11. The van der Waals surface area contributed by atoms with E-state index in [4.69, 9.17) is 10.00 Å². The SMILES string of the molecule is Cc1cc(C#N)cc(C)c1OCc1ccc(Br)s1. The van der Waals surface area contributed by atoms with Crippen molar-refractivity contribution in [2.24, 2.45) is 0 Å². The van der Waals surface area contributed by atoms with Crippen LogP contribution in [0.25, 0.3) is 0 Å². The number of rotatable bonds is 3. The van der Waals surface area contributed by atoms with Crippen molar-refractivity contribution >= 4 is 27.3 Å². The van der Waals surface area contributed by atoms with Gasteiger partial charge in [0.15, 0.2) is 0 Å². The Morgan fingerprint density at radius 1 is 1.28 bits per heavy atom. The van der Waals surface area contributed by atoms with Gasteiger partial charge in [0, 0.05) is 4.88 Å². The molecule has 0 atom stereocenters. The molecule has 0 aliphatic carbocycles. The van der Waals surface area contributed by atoms with Crippen molar-refractivity contribution in [1.29, 1.82) is 5.26 Å². The van der Waals surface area contributed by atoms with E-state index in [9.17, 15) is 0 Å². The zero-order chi connectivity index (χ0) is 13.1. The number of aryl methyl sites for hydroxylation is 2. The summed E-state index contributed by atoms with van der Waals surface area (Å²) in [7, 11) is 0. The number of nitrogens with zero attached hydrogens (tertiary/aromatic N) is 1. The van der Waals surface area contributed by atoms with Crippen LogP contribution in [0.4, 0.5) is 0 Å². The molecule has 0 saturated heterocycles. The van der Waals surface area contributed by atoms with Crippen molar-refractivity contribution in [3.8, 4) is 11.8 Å². The number of thiophene rings is 1. The Labute approximate surface area is 119 Å². The molecule has 0 spiro atoms. The molecule has 4 heteroatoms. The highest BCUT2D eigenvalue weighted by molar-refractivity contribution is 9.11. The van der Waals surface area contributed by atoms with E-state index in [2.05, 4.69) is 22.0 Å². The molecule has 0 N–H and O–H groups in total. The fraction of sp³-hybridized carbons (Fsp3) is 0.214. The summed E-state index contributed by atoms with van der Waals surface area (Å²) in [6.45, 7) is 4.49. The van der Waals surface area contributed by atoms with Crippen LogP contribution >= 0.6 is 27.3 Å². The lowest BCUT2D eigenvalue weighted by atomic mass is 10.1. The van der Waals surface area contributed by atoms with Gasteiger partial charge in [0.05, 0.1) is 15.4 Å². The van der Waals surface area contributed by atoms with Crippen molar-refractivity contribution in [1.82, 2.24) is 0 Å². The molecule has 0 saturated carbocycles. The van der Waals surface area contributed by atoms with Crippen LogP contribution in [0.3, 0.4) is 0 Å². The van der Waals surface area contributed by atoms with Crippen LogP contribution in [0.2, 0.25) is 0 Å². The second-order valence-corrected chi connectivity index (χ2v) is 6.59. The summed E-state index contributed by atoms with van der Waals surface area (Å²) in [5.41, 5.74) is 2.68. The van der Waals surface area contributed by atoms with E-state index in [1.54, 1.807) is 11.3 Å². The summed E-state index contributed by atoms with van der Waals surface area (Å²) >= 11 is 5.10. The van der Waals surface area contributed by atoms with Gasteiger partial charge in [-0.25, -0.2) is 0 Å². The van der Waals surface area contributed by atoms with Crippen LogP contribution in [0.1, 0.15) is 21.6 Å². The van der Waals surface area contributed by atoms with Crippen LogP contribution < -0.4 is 4.74 Å². The fourth-order valence-corrected chi connectivity index (χ4v) is 3.21. The summed E-state index contributed by atoms with van der Waals surface area (Å²) in [6.07, 6.45) is 0. The largest absolute Gasteiger partial charge is 0.488 e. The van der Waals surface area contributed by atoms with E-state index in [0.717, 1.165) is 20.7 Å². The Bertz CT molecular complexity index is 589. The number of benzene rings is 1. The standard InChI is InChI=1S/C14H12BrNOS/c1-9-5-11(7-16)6-10(2)14(9)17-8-12-3-4-13(15)18-12/h3-6H,8H2,1-2H3.